The Hall–Kier alpha value is -1.79. The number of carbonyl (C=O) groups is 2. The Labute approximate surface area is 153 Å². The minimum absolute atomic E-state index is 0.224. The van der Waals surface area contributed by atoms with Gasteiger partial charge in [-0.3, -0.25) is 15.4 Å². The number of aliphatic carboxylic acids is 1. The summed E-state index contributed by atoms with van der Waals surface area (Å²) in [5.74, 6) is -3.96. The maximum absolute atomic E-state index is 14.0. The molecule has 0 radical (unpaired) electrons. The first kappa shape index (κ1) is 23.2. The van der Waals surface area contributed by atoms with Crippen molar-refractivity contribution in [3.05, 3.63) is 4.91 Å². The molecule has 0 aromatic carbocycles. The van der Waals surface area contributed by atoms with Crippen molar-refractivity contribution in [1.29, 1.82) is 0 Å². The second kappa shape index (κ2) is 7.68. The van der Waals surface area contributed by atoms with E-state index in [0.29, 0.717) is 0 Å². The lowest BCUT2D eigenvalue weighted by Crippen LogP contribution is -2.80. The third-order valence-corrected chi connectivity index (χ3v) is 4.84. The van der Waals surface area contributed by atoms with Gasteiger partial charge in [-0.25, -0.2) is 0 Å². The van der Waals surface area contributed by atoms with Gasteiger partial charge in [-0.1, -0.05) is 13.8 Å². The van der Waals surface area contributed by atoms with Gasteiger partial charge in [0.2, 0.25) is 0 Å². The van der Waals surface area contributed by atoms with Crippen LogP contribution in [0.2, 0.25) is 0 Å². The van der Waals surface area contributed by atoms with Crippen LogP contribution < -0.4 is 5.84 Å². The number of alkyl halides is 3. The number of carbonyl (C=O) groups excluding carboxylic acids is 1. The van der Waals surface area contributed by atoms with Crippen molar-refractivity contribution in [3.8, 4) is 0 Å². The Kier molecular flexibility index (Phi) is 6.61. The zero-order chi connectivity index (χ0) is 21.4. The van der Waals surface area contributed by atoms with Crippen LogP contribution in [0, 0.1) is 28.6 Å². The predicted molar refractivity (Wildman–Crippen MR) is 85.4 cm³/mol. The second-order valence-electron chi connectivity index (χ2n) is 7.12. The molecule has 0 spiro atoms. The van der Waals surface area contributed by atoms with E-state index >= 15 is 0 Å². The fourth-order valence-electron chi connectivity index (χ4n) is 3.81. The van der Waals surface area contributed by atoms with E-state index < -0.39 is 47.3 Å². The van der Waals surface area contributed by atoms with Crippen molar-refractivity contribution < 1.29 is 37.7 Å². The number of ether oxygens (including phenoxy) is 1. The average molecular weight is 399 g/mol. The van der Waals surface area contributed by atoms with E-state index in [-0.39, 0.29) is 24.0 Å². The maximum atomic E-state index is 14.0. The van der Waals surface area contributed by atoms with Crippen molar-refractivity contribution in [2.45, 2.75) is 51.7 Å². The lowest BCUT2D eigenvalue weighted by atomic mass is 9.63. The smallest absolute Gasteiger partial charge is 0.432 e. The van der Waals surface area contributed by atoms with Crippen LogP contribution in [0.25, 0.3) is 0 Å². The number of hydrogen-bond acceptors (Lipinski definition) is 8. The summed E-state index contributed by atoms with van der Waals surface area (Å²) in [5, 5.41) is 21.9. The first-order chi connectivity index (χ1) is 12.2. The molecule has 5 unspecified atom stereocenters. The number of nitrogens with zero attached hydrogens (tertiary/aromatic N) is 2. The predicted octanol–water partition coefficient (Wildman–Crippen LogP) is 1.45. The standard InChI is InChI=1S/C15H24F3N3O6/c1-5-27-12(24)10-8(6-7(2)3)9(11(22)23)13(4,25)21(19)14(10,20-26)15(16,17)18/h7-10,25H,5-6,19H2,1-4H3,(H,22,23). The molecule has 0 saturated carbocycles. The first-order valence-electron chi connectivity index (χ1n) is 8.28. The van der Waals surface area contributed by atoms with Crippen LogP contribution in [0.15, 0.2) is 5.18 Å². The van der Waals surface area contributed by atoms with Crippen molar-refractivity contribution >= 4 is 11.9 Å². The molecule has 156 valence electrons. The number of carboxylic acid groups (broad SMARTS) is 1. The lowest BCUT2D eigenvalue weighted by molar-refractivity contribution is -0.333. The van der Waals surface area contributed by atoms with Gasteiger partial charge in [0.1, 0.15) is 17.6 Å². The van der Waals surface area contributed by atoms with Crippen LogP contribution in [0.1, 0.15) is 34.1 Å². The van der Waals surface area contributed by atoms with Gasteiger partial charge >= 0.3 is 18.1 Å². The molecule has 4 N–H and O–H groups in total. The van der Waals surface area contributed by atoms with Crippen LogP contribution in [-0.4, -0.2) is 51.3 Å². The Morgan fingerprint density at radius 3 is 2.19 bits per heavy atom. The van der Waals surface area contributed by atoms with Crippen molar-refractivity contribution in [1.82, 2.24) is 5.01 Å². The minimum atomic E-state index is -5.50. The number of aliphatic hydroxyl groups is 1. The van der Waals surface area contributed by atoms with Gasteiger partial charge in [-0.2, -0.15) is 18.2 Å². The molecule has 1 heterocycles. The van der Waals surface area contributed by atoms with E-state index in [1.54, 1.807) is 13.8 Å². The summed E-state index contributed by atoms with van der Waals surface area (Å²) in [6.45, 7) is 4.96. The Bertz CT molecular complexity index is 598. The number of esters is 1. The number of piperidine rings is 1. The summed E-state index contributed by atoms with van der Waals surface area (Å²) < 4.78 is 46.7. The molecule has 0 aliphatic carbocycles. The molecule has 0 bridgehead atoms. The van der Waals surface area contributed by atoms with Crippen LogP contribution in [0.4, 0.5) is 13.2 Å². The van der Waals surface area contributed by atoms with Gasteiger partial charge in [-0.15, -0.1) is 4.91 Å². The Balaban J connectivity index is 3.87. The number of rotatable bonds is 6. The molecule has 5 atom stereocenters. The van der Waals surface area contributed by atoms with Crippen LogP contribution in [0.3, 0.4) is 0 Å². The molecular formula is C15H24F3N3O6. The zero-order valence-corrected chi connectivity index (χ0v) is 15.4. The fourth-order valence-corrected chi connectivity index (χ4v) is 3.81. The third kappa shape index (κ3) is 3.65. The molecule has 9 nitrogen and oxygen atoms in total. The van der Waals surface area contributed by atoms with E-state index in [0.717, 1.165) is 6.92 Å². The van der Waals surface area contributed by atoms with Gasteiger partial charge in [0.15, 0.2) is 0 Å². The first-order valence-corrected chi connectivity index (χ1v) is 8.28. The summed E-state index contributed by atoms with van der Waals surface area (Å²) in [5.41, 5.74) is -6.72. The van der Waals surface area contributed by atoms with Crippen LogP contribution >= 0.6 is 0 Å². The number of carboxylic acids is 1. The molecule has 27 heavy (non-hydrogen) atoms. The summed E-state index contributed by atoms with van der Waals surface area (Å²) in [4.78, 5) is 35.8. The fraction of sp³-hybridized carbons (Fsp3) is 0.867. The number of halogens is 3. The SMILES string of the molecule is CCOC(=O)C1C(CC(C)C)C(C(=O)O)C(C)(O)N(N)C1(N=O)C(F)(F)F. The normalized spacial score (nSPS) is 35.1. The largest absolute Gasteiger partial charge is 0.481 e. The number of nitrogens with two attached hydrogens (primary N) is 1. The Morgan fingerprint density at radius 2 is 1.85 bits per heavy atom. The van der Waals surface area contributed by atoms with E-state index in [4.69, 9.17) is 10.6 Å². The number of hydrazine groups is 1. The van der Waals surface area contributed by atoms with E-state index in [1.165, 1.54) is 6.92 Å². The summed E-state index contributed by atoms with van der Waals surface area (Å²) in [6, 6.07) is 0. The zero-order valence-electron chi connectivity index (χ0n) is 15.4. The van der Waals surface area contributed by atoms with Crippen molar-refractivity contribution in [2.24, 2.45) is 34.7 Å². The quantitative estimate of drug-likeness (QED) is 0.346. The molecule has 1 saturated heterocycles. The van der Waals surface area contributed by atoms with E-state index in [2.05, 4.69) is 5.18 Å². The van der Waals surface area contributed by atoms with Gasteiger partial charge < -0.3 is 14.9 Å². The molecule has 1 fully saturated rings. The van der Waals surface area contributed by atoms with E-state index in [1.807, 2.05) is 0 Å². The summed E-state index contributed by atoms with van der Waals surface area (Å²) >= 11 is 0. The highest BCUT2D eigenvalue weighted by atomic mass is 19.4. The molecule has 1 rings (SSSR count). The highest BCUT2D eigenvalue weighted by Gasteiger charge is 2.77. The molecule has 1 aliphatic heterocycles. The van der Waals surface area contributed by atoms with Crippen LogP contribution in [0.5, 0.6) is 0 Å². The van der Waals surface area contributed by atoms with Crippen molar-refractivity contribution in [3.63, 3.8) is 0 Å². The maximum Gasteiger partial charge on any atom is 0.432 e. The highest BCUT2D eigenvalue weighted by Crippen LogP contribution is 2.55. The van der Waals surface area contributed by atoms with E-state index in [9.17, 15) is 37.9 Å². The van der Waals surface area contributed by atoms with Gasteiger partial charge in [-0.05, 0) is 37.3 Å². The molecule has 0 aromatic rings. The molecule has 12 heteroatoms. The third-order valence-electron chi connectivity index (χ3n) is 4.84. The molecule has 1 aliphatic rings. The number of hydrogen-bond donors (Lipinski definition) is 3. The molecule has 0 amide bonds. The lowest BCUT2D eigenvalue weighted by Gasteiger charge is -2.56. The monoisotopic (exact) mass is 399 g/mol. The van der Waals surface area contributed by atoms with Crippen molar-refractivity contribution in [2.75, 3.05) is 6.61 Å². The second-order valence-corrected chi connectivity index (χ2v) is 7.12. The van der Waals surface area contributed by atoms with Gasteiger partial charge in [0.25, 0.3) is 5.66 Å². The van der Waals surface area contributed by atoms with Gasteiger partial charge in [0, 0.05) is 0 Å². The molecular weight excluding hydrogens is 375 g/mol. The average Bonchev–Trinajstić information content (AvgIpc) is 2.48. The molecule has 0 aromatic heterocycles. The minimum Gasteiger partial charge on any atom is -0.481 e. The topological polar surface area (TPSA) is 143 Å². The van der Waals surface area contributed by atoms with Crippen LogP contribution in [-0.2, 0) is 14.3 Å². The Morgan fingerprint density at radius 1 is 1.33 bits per heavy atom. The summed E-state index contributed by atoms with van der Waals surface area (Å²) in [7, 11) is 0. The highest BCUT2D eigenvalue weighted by molar-refractivity contribution is 5.79. The summed E-state index contributed by atoms with van der Waals surface area (Å²) in [6.07, 6.45) is -5.72. The van der Waals surface area contributed by atoms with Gasteiger partial charge in [0.05, 0.1) is 6.61 Å². The number of nitroso groups, excluding NO2 is 1.